The standard InChI is InChI=1S/C14H23FN4.HI/c1-3-5-6-9-18-14(16-4-2)19-11-13-12(15)8-7-10-17-13;/h7-8,10H,3-6,9,11H2,1-2H3,(H2,16,18,19);1H. The van der Waals surface area contributed by atoms with Crippen molar-refractivity contribution in [2.24, 2.45) is 4.99 Å². The fraction of sp³-hybridized carbons (Fsp3) is 0.571. The Kier molecular flexibility index (Phi) is 11.3. The molecular formula is C14H24FIN4. The number of aromatic nitrogens is 1. The molecule has 0 spiro atoms. The predicted octanol–water partition coefficient (Wildman–Crippen LogP) is 3.08. The average molecular weight is 394 g/mol. The quantitative estimate of drug-likeness (QED) is 0.324. The highest BCUT2D eigenvalue weighted by Crippen LogP contribution is 2.03. The first kappa shape index (κ1) is 19.1. The molecule has 0 atom stereocenters. The van der Waals surface area contributed by atoms with E-state index in [9.17, 15) is 4.39 Å². The van der Waals surface area contributed by atoms with Gasteiger partial charge in [0.15, 0.2) is 5.96 Å². The van der Waals surface area contributed by atoms with E-state index in [0.717, 1.165) is 19.5 Å². The van der Waals surface area contributed by atoms with E-state index in [0.29, 0.717) is 11.7 Å². The molecule has 1 aromatic rings. The van der Waals surface area contributed by atoms with Crippen LogP contribution < -0.4 is 10.6 Å². The molecule has 0 radical (unpaired) electrons. The van der Waals surface area contributed by atoms with Crippen molar-refractivity contribution in [3.05, 3.63) is 29.8 Å². The summed E-state index contributed by atoms with van der Waals surface area (Å²) in [4.78, 5) is 8.32. The van der Waals surface area contributed by atoms with Gasteiger partial charge < -0.3 is 10.6 Å². The second-order valence-corrected chi connectivity index (χ2v) is 4.26. The molecule has 0 amide bonds. The molecule has 0 aromatic carbocycles. The molecule has 0 bridgehead atoms. The van der Waals surface area contributed by atoms with Gasteiger partial charge in [0.1, 0.15) is 5.82 Å². The molecule has 6 heteroatoms. The first-order chi connectivity index (χ1) is 9.27. The van der Waals surface area contributed by atoms with E-state index in [1.54, 1.807) is 12.3 Å². The lowest BCUT2D eigenvalue weighted by Gasteiger charge is -2.10. The van der Waals surface area contributed by atoms with Crippen molar-refractivity contribution in [1.82, 2.24) is 15.6 Å². The van der Waals surface area contributed by atoms with Gasteiger partial charge in [-0.15, -0.1) is 24.0 Å². The SMILES string of the molecule is CCCCCNC(=NCc1ncccc1F)NCC.I. The largest absolute Gasteiger partial charge is 0.357 e. The van der Waals surface area contributed by atoms with Crippen LogP contribution in [0.4, 0.5) is 4.39 Å². The second-order valence-electron chi connectivity index (χ2n) is 4.26. The van der Waals surface area contributed by atoms with Crippen LogP contribution in [0.3, 0.4) is 0 Å². The Morgan fingerprint density at radius 3 is 2.75 bits per heavy atom. The third kappa shape index (κ3) is 7.62. The molecule has 0 fully saturated rings. The zero-order chi connectivity index (χ0) is 13.9. The van der Waals surface area contributed by atoms with Crippen molar-refractivity contribution < 1.29 is 4.39 Å². The van der Waals surface area contributed by atoms with E-state index in [-0.39, 0.29) is 36.3 Å². The molecule has 0 aliphatic rings. The average Bonchev–Trinajstić information content (AvgIpc) is 2.42. The molecule has 0 saturated carbocycles. The summed E-state index contributed by atoms with van der Waals surface area (Å²) >= 11 is 0. The number of halogens is 2. The van der Waals surface area contributed by atoms with Crippen molar-refractivity contribution >= 4 is 29.9 Å². The fourth-order valence-corrected chi connectivity index (χ4v) is 1.61. The van der Waals surface area contributed by atoms with Gasteiger partial charge in [0.05, 0.1) is 12.2 Å². The highest BCUT2D eigenvalue weighted by Gasteiger charge is 2.02. The first-order valence-electron chi connectivity index (χ1n) is 6.89. The van der Waals surface area contributed by atoms with E-state index in [1.165, 1.54) is 18.9 Å². The van der Waals surface area contributed by atoms with E-state index >= 15 is 0 Å². The minimum Gasteiger partial charge on any atom is -0.357 e. The van der Waals surface area contributed by atoms with Crippen molar-refractivity contribution in [3.63, 3.8) is 0 Å². The molecular weight excluding hydrogens is 370 g/mol. The molecule has 0 saturated heterocycles. The molecule has 1 heterocycles. The summed E-state index contributed by atoms with van der Waals surface area (Å²) in [6.45, 7) is 6.08. The maximum Gasteiger partial charge on any atom is 0.191 e. The Morgan fingerprint density at radius 1 is 1.30 bits per heavy atom. The summed E-state index contributed by atoms with van der Waals surface area (Å²) in [5, 5.41) is 6.37. The number of guanidine groups is 1. The lowest BCUT2D eigenvalue weighted by Crippen LogP contribution is -2.37. The number of pyridine rings is 1. The van der Waals surface area contributed by atoms with Crippen LogP contribution in [0.2, 0.25) is 0 Å². The zero-order valence-corrected chi connectivity index (χ0v) is 14.5. The number of hydrogen-bond acceptors (Lipinski definition) is 2. The van der Waals surface area contributed by atoms with Crippen molar-refractivity contribution in [3.8, 4) is 0 Å². The minimum atomic E-state index is -0.312. The molecule has 1 aromatic heterocycles. The van der Waals surface area contributed by atoms with Crippen LogP contribution in [-0.4, -0.2) is 24.0 Å². The van der Waals surface area contributed by atoms with Crippen LogP contribution in [0.15, 0.2) is 23.3 Å². The van der Waals surface area contributed by atoms with Crippen LogP contribution in [-0.2, 0) is 6.54 Å². The maximum atomic E-state index is 13.4. The molecule has 2 N–H and O–H groups in total. The summed E-state index contributed by atoms with van der Waals surface area (Å²) in [7, 11) is 0. The van der Waals surface area contributed by atoms with Crippen molar-refractivity contribution in [2.45, 2.75) is 39.7 Å². The summed E-state index contributed by atoms with van der Waals surface area (Å²) in [6, 6.07) is 2.98. The van der Waals surface area contributed by atoms with E-state index in [1.807, 2.05) is 6.92 Å². The number of nitrogens with zero attached hydrogens (tertiary/aromatic N) is 2. The van der Waals surface area contributed by atoms with Gasteiger partial charge in [0, 0.05) is 19.3 Å². The van der Waals surface area contributed by atoms with Crippen molar-refractivity contribution in [2.75, 3.05) is 13.1 Å². The highest BCUT2D eigenvalue weighted by molar-refractivity contribution is 14.0. The molecule has 0 aliphatic carbocycles. The Morgan fingerprint density at radius 2 is 2.10 bits per heavy atom. The Bertz CT molecular complexity index is 399. The Hall–Kier alpha value is -0.920. The van der Waals surface area contributed by atoms with E-state index in [4.69, 9.17) is 0 Å². The predicted molar refractivity (Wildman–Crippen MR) is 92.0 cm³/mol. The fourth-order valence-electron chi connectivity index (χ4n) is 1.61. The normalized spacial score (nSPS) is 10.8. The summed E-state index contributed by atoms with van der Waals surface area (Å²) in [5.74, 6) is 0.400. The van der Waals surface area contributed by atoms with Gasteiger partial charge >= 0.3 is 0 Å². The number of rotatable bonds is 7. The number of nitrogens with one attached hydrogen (secondary N) is 2. The van der Waals surface area contributed by atoms with Gasteiger partial charge in [0.2, 0.25) is 0 Å². The Balaban J connectivity index is 0.00000361. The van der Waals surface area contributed by atoms with Gasteiger partial charge in [-0.1, -0.05) is 19.8 Å². The van der Waals surface area contributed by atoms with Crippen molar-refractivity contribution in [1.29, 1.82) is 0 Å². The molecule has 1 rings (SSSR count). The molecule has 20 heavy (non-hydrogen) atoms. The van der Waals surface area contributed by atoms with Crippen LogP contribution in [0.5, 0.6) is 0 Å². The zero-order valence-electron chi connectivity index (χ0n) is 12.2. The van der Waals surface area contributed by atoms with E-state index in [2.05, 4.69) is 27.5 Å². The van der Waals surface area contributed by atoms with E-state index < -0.39 is 0 Å². The maximum absolute atomic E-state index is 13.4. The van der Waals surface area contributed by atoms with Gasteiger partial charge in [-0.3, -0.25) is 4.98 Å². The van der Waals surface area contributed by atoms with Crippen LogP contribution in [0.25, 0.3) is 0 Å². The van der Waals surface area contributed by atoms with Crippen LogP contribution in [0.1, 0.15) is 38.8 Å². The number of aliphatic imine (C=N–C) groups is 1. The third-order valence-electron chi connectivity index (χ3n) is 2.64. The molecule has 114 valence electrons. The van der Waals surface area contributed by atoms with Crippen LogP contribution >= 0.6 is 24.0 Å². The Labute approximate surface area is 137 Å². The minimum absolute atomic E-state index is 0. The number of unbranched alkanes of at least 4 members (excludes halogenated alkanes) is 2. The van der Waals surface area contributed by atoms with Gasteiger partial charge in [0.25, 0.3) is 0 Å². The summed E-state index contributed by atoms with van der Waals surface area (Å²) < 4.78 is 13.4. The third-order valence-corrected chi connectivity index (χ3v) is 2.64. The lowest BCUT2D eigenvalue weighted by molar-refractivity contribution is 0.599. The monoisotopic (exact) mass is 394 g/mol. The summed E-state index contributed by atoms with van der Waals surface area (Å²) in [6.07, 6.45) is 5.07. The molecule has 0 aliphatic heterocycles. The topological polar surface area (TPSA) is 49.3 Å². The smallest absolute Gasteiger partial charge is 0.191 e. The van der Waals surface area contributed by atoms with Gasteiger partial charge in [-0.05, 0) is 25.5 Å². The highest BCUT2D eigenvalue weighted by atomic mass is 127. The van der Waals surface area contributed by atoms with Gasteiger partial charge in [-0.2, -0.15) is 0 Å². The van der Waals surface area contributed by atoms with Gasteiger partial charge in [-0.25, -0.2) is 9.38 Å². The second kappa shape index (κ2) is 11.9. The first-order valence-corrected chi connectivity index (χ1v) is 6.89. The molecule has 4 nitrogen and oxygen atoms in total. The number of hydrogen-bond donors (Lipinski definition) is 2. The lowest BCUT2D eigenvalue weighted by atomic mass is 10.2. The van der Waals surface area contributed by atoms with Crippen LogP contribution in [0, 0.1) is 5.82 Å². The summed E-state index contributed by atoms with van der Waals surface area (Å²) in [5.41, 5.74) is 0.369. The molecule has 0 unspecified atom stereocenters.